The van der Waals surface area contributed by atoms with Crippen molar-refractivity contribution < 1.29 is 17.2 Å². The SMILES string of the molecule is O=S(=O)(C(F)F)N1CCCC(C2CCCN2)C1. The topological polar surface area (TPSA) is 49.4 Å². The van der Waals surface area contributed by atoms with Crippen molar-refractivity contribution in [3.05, 3.63) is 0 Å². The minimum Gasteiger partial charge on any atom is -0.314 e. The Hall–Kier alpha value is -0.270. The summed E-state index contributed by atoms with van der Waals surface area (Å²) >= 11 is 0. The van der Waals surface area contributed by atoms with Gasteiger partial charge in [-0.05, 0) is 38.1 Å². The van der Waals surface area contributed by atoms with Crippen LogP contribution in [0.2, 0.25) is 0 Å². The Kier molecular flexibility index (Phi) is 3.99. The van der Waals surface area contributed by atoms with Gasteiger partial charge in [-0.15, -0.1) is 0 Å². The molecule has 0 saturated carbocycles. The molecule has 0 bridgehead atoms. The van der Waals surface area contributed by atoms with E-state index >= 15 is 0 Å². The quantitative estimate of drug-likeness (QED) is 0.831. The summed E-state index contributed by atoms with van der Waals surface area (Å²) in [7, 11) is -4.39. The lowest BCUT2D eigenvalue weighted by Crippen LogP contribution is -2.47. The number of rotatable bonds is 3. The summed E-state index contributed by atoms with van der Waals surface area (Å²) in [4.78, 5) is 0. The van der Waals surface area contributed by atoms with Crippen LogP contribution in [0.4, 0.5) is 8.78 Å². The number of sulfonamides is 1. The second-order valence-electron chi connectivity index (χ2n) is 4.77. The van der Waals surface area contributed by atoms with E-state index in [9.17, 15) is 17.2 Å². The summed E-state index contributed by atoms with van der Waals surface area (Å²) in [6, 6.07) is 0.297. The molecule has 2 aliphatic heterocycles. The fourth-order valence-electron chi connectivity index (χ4n) is 2.76. The molecule has 2 rings (SSSR count). The van der Waals surface area contributed by atoms with Crippen molar-refractivity contribution in [1.29, 1.82) is 0 Å². The summed E-state index contributed by atoms with van der Waals surface area (Å²) in [5.41, 5.74) is 0. The molecule has 4 nitrogen and oxygen atoms in total. The van der Waals surface area contributed by atoms with E-state index in [1.165, 1.54) is 0 Å². The average Bonchev–Trinajstić information content (AvgIpc) is 2.82. The van der Waals surface area contributed by atoms with Crippen LogP contribution >= 0.6 is 0 Å². The van der Waals surface area contributed by atoms with Gasteiger partial charge in [0.1, 0.15) is 0 Å². The second kappa shape index (κ2) is 5.16. The van der Waals surface area contributed by atoms with Crippen LogP contribution in [0.25, 0.3) is 0 Å². The van der Waals surface area contributed by atoms with E-state index < -0.39 is 15.8 Å². The molecule has 2 atom stereocenters. The zero-order valence-corrected chi connectivity index (χ0v) is 10.4. The Bertz CT molecular complexity index is 355. The lowest BCUT2D eigenvalue weighted by Gasteiger charge is -2.34. The molecule has 0 aromatic rings. The van der Waals surface area contributed by atoms with Crippen molar-refractivity contribution in [2.75, 3.05) is 19.6 Å². The average molecular weight is 268 g/mol. The van der Waals surface area contributed by atoms with Crippen molar-refractivity contribution in [2.24, 2.45) is 5.92 Å². The Labute approximate surface area is 100 Å². The summed E-state index contributed by atoms with van der Waals surface area (Å²) < 4.78 is 48.7. The van der Waals surface area contributed by atoms with Crippen LogP contribution < -0.4 is 5.32 Å². The third kappa shape index (κ3) is 2.77. The Morgan fingerprint density at radius 2 is 2.00 bits per heavy atom. The highest BCUT2D eigenvalue weighted by molar-refractivity contribution is 7.89. The van der Waals surface area contributed by atoms with E-state index in [1.54, 1.807) is 0 Å². The van der Waals surface area contributed by atoms with E-state index in [0.29, 0.717) is 12.5 Å². The fourth-order valence-corrected chi connectivity index (χ4v) is 3.77. The first-order chi connectivity index (χ1) is 8.01. The molecule has 2 saturated heterocycles. The van der Waals surface area contributed by atoms with E-state index in [2.05, 4.69) is 5.32 Å². The van der Waals surface area contributed by atoms with Crippen LogP contribution in [0.1, 0.15) is 25.7 Å². The van der Waals surface area contributed by atoms with Crippen molar-refractivity contribution in [2.45, 2.75) is 37.5 Å². The standard InChI is InChI=1S/C10H18F2N2O2S/c11-10(12)17(15,16)14-6-2-3-8(7-14)9-4-1-5-13-9/h8-10,13H,1-7H2. The van der Waals surface area contributed by atoms with E-state index in [4.69, 9.17) is 0 Å². The largest absolute Gasteiger partial charge is 0.350 e. The van der Waals surface area contributed by atoms with Crippen LogP contribution in [0.5, 0.6) is 0 Å². The third-order valence-corrected chi connectivity index (χ3v) is 5.17. The number of alkyl halides is 2. The molecule has 17 heavy (non-hydrogen) atoms. The van der Waals surface area contributed by atoms with Gasteiger partial charge in [-0.1, -0.05) is 0 Å². The maximum Gasteiger partial charge on any atom is 0.350 e. The molecule has 2 aliphatic rings. The van der Waals surface area contributed by atoms with Gasteiger partial charge in [0.05, 0.1) is 0 Å². The monoisotopic (exact) mass is 268 g/mol. The van der Waals surface area contributed by atoms with Crippen LogP contribution in [0.15, 0.2) is 0 Å². The first-order valence-corrected chi connectivity index (χ1v) is 7.52. The predicted octanol–water partition coefficient (Wildman–Crippen LogP) is 1.00. The normalized spacial score (nSPS) is 32.2. The Balaban J connectivity index is 2.01. The summed E-state index contributed by atoms with van der Waals surface area (Å²) in [6.07, 6.45) is 3.71. The van der Waals surface area contributed by atoms with Gasteiger partial charge in [0.25, 0.3) is 10.0 Å². The van der Waals surface area contributed by atoms with E-state index in [1.807, 2.05) is 0 Å². The number of hydrogen-bond donors (Lipinski definition) is 1. The zero-order valence-electron chi connectivity index (χ0n) is 9.61. The highest BCUT2D eigenvalue weighted by Gasteiger charge is 2.37. The molecule has 0 spiro atoms. The summed E-state index contributed by atoms with van der Waals surface area (Å²) in [5.74, 6) is -3.11. The molecule has 7 heteroatoms. The molecular weight excluding hydrogens is 250 g/mol. The van der Waals surface area contributed by atoms with E-state index in [-0.39, 0.29) is 19.0 Å². The van der Waals surface area contributed by atoms with E-state index in [0.717, 1.165) is 30.1 Å². The molecule has 1 N–H and O–H groups in total. The highest BCUT2D eigenvalue weighted by Crippen LogP contribution is 2.27. The molecule has 0 amide bonds. The van der Waals surface area contributed by atoms with Gasteiger partial charge in [-0.25, -0.2) is 8.42 Å². The number of halogens is 2. The predicted molar refractivity (Wildman–Crippen MR) is 60.2 cm³/mol. The van der Waals surface area contributed by atoms with Gasteiger partial charge < -0.3 is 5.32 Å². The van der Waals surface area contributed by atoms with Gasteiger partial charge >= 0.3 is 5.76 Å². The zero-order chi connectivity index (χ0) is 12.5. The van der Waals surface area contributed by atoms with Gasteiger partial charge in [0.15, 0.2) is 0 Å². The molecule has 100 valence electrons. The van der Waals surface area contributed by atoms with Gasteiger partial charge in [0.2, 0.25) is 0 Å². The maximum absolute atomic E-state index is 12.5. The van der Waals surface area contributed by atoms with Crippen LogP contribution in [0.3, 0.4) is 0 Å². The molecule has 2 unspecified atom stereocenters. The molecule has 0 aromatic heterocycles. The molecule has 0 radical (unpaired) electrons. The van der Waals surface area contributed by atoms with Gasteiger partial charge in [-0.3, -0.25) is 0 Å². The molecule has 2 fully saturated rings. The Morgan fingerprint density at radius 3 is 2.59 bits per heavy atom. The fraction of sp³-hybridized carbons (Fsp3) is 1.00. The Morgan fingerprint density at radius 1 is 1.24 bits per heavy atom. The summed E-state index contributed by atoms with van der Waals surface area (Å²) in [6.45, 7) is 1.42. The third-order valence-electron chi connectivity index (χ3n) is 3.67. The number of hydrogen-bond acceptors (Lipinski definition) is 3. The first-order valence-electron chi connectivity index (χ1n) is 6.02. The molecule has 2 heterocycles. The van der Waals surface area contributed by atoms with Gasteiger partial charge in [-0.2, -0.15) is 13.1 Å². The minimum absolute atomic E-state index is 0.180. The van der Waals surface area contributed by atoms with Crippen molar-refractivity contribution in [1.82, 2.24) is 9.62 Å². The van der Waals surface area contributed by atoms with Crippen LogP contribution in [-0.2, 0) is 10.0 Å². The summed E-state index contributed by atoms with van der Waals surface area (Å²) in [5, 5.41) is 3.32. The highest BCUT2D eigenvalue weighted by atomic mass is 32.2. The van der Waals surface area contributed by atoms with Crippen LogP contribution in [0, 0.1) is 5.92 Å². The number of nitrogens with zero attached hydrogens (tertiary/aromatic N) is 1. The lowest BCUT2D eigenvalue weighted by molar-refractivity contribution is 0.188. The smallest absolute Gasteiger partial charge is 0.314 e. The molecule has 0 aliphatic carbocycles. The van der Waals surface area contributed by atoms with Crippen molar-refractivity contribution in [3.8, 4) is 0 Å². The molecule has 0 aromatic carbocycles. The van der Waals surface area contributed by atoms with Crippen molar-refractivity contribution >= 4 is 10.0 Å². The number of piperidine rings is 1. The molecular formula is C10H18F2N2O2S. The first kappa shape index (κ1) is 13.2. The number of nitrogens with one attached hydrogen (secondary N) is 1. The second-order valence-corrected chi connectivity index (χ2v) is 6.67. The minimum atomic E-state index is -4.39. The van der Waals surface area contributed by atoms with Crippen LogP contribution in [-0.4, -0.2) is 44.2 Å². The van der Waals surface area contributed by atoms with Gasteiger partial charge in [0, 0.05) is 19.1 Å². The lowest BCUT2D eigenvalue weighted by atomic mass is 9.91. The maximum atomic E-state index is 12.5. The van der Waals surface area contributed by atoms with Crippen molar-refractivity contribution in [3.63, 3.8) is 0 Å².